The van der Waals surface area contributed by atoms with E-state index in [2.05, 4.69) is 0 Å². The molecule has 1 atom stereocenters. The Morgan fingerprint density at radius 1 is 0.950 bits per heavy atom. The fourth-order valence-corrected chi connectivity index (χ4v) is 2.11. The molecular formula is C17H21NO2. The van der Waals surface area contributed by atoms with Crippen LogP contribution in [0.4, 0.5) is 0 Å². The van der Waals surface area contributed by atoms with Gasteiger partial charge in [-0.2, -0.15) is 0 Å². The van der Waals surface area contributed by atoms with Gasteiger partial charge in [0.2, 0.25) is 0 Å². The van der Waals surface area contributed by atoms with Crippen LogP contribution in [-0.2, 0) is 6.42 Å². The smallest absolute Gasteiger partial charge is 0.119 e. The SMILES string of the molecule is CCOc1ccc(C(N)Cc2ccc(OC)cc2)cc1. The van der Waals surface area contributed by atoms with Crippen molar-refractivity contribution in [3.05, 3.63) is 59.7 Å². The molecule has 0 spiro atoms. The van der Waals surface area contributed by atoms with Crippen molar-refractivity contribution in [1.82, 2.24) is 0 Å². The average molecular weight is 271 g/mol. The van der Waals surface area contributed by atoms with Crippen molar-refractivity contribution in [2.75, 3.05) is 13.7 Å². The summed E-state index contributed by atoms with van der Waals surface area (Å²) in [5, 5.41) is 0. The van der Waals surface area contributed by atoms with Gasteiger partial charge in [0.15, 0.2) is 0 Å². The quantitative estimate of drug-likeness (QED) is 0.876. The standard InChI is InChI=1S/C17H21NO2/c1-3-20-16-10-6-14(7-11-16)17(18)12-13-4-8-15(19-2)9-5-13/h4-11,17H,3,12,18H2,1-2H3. The molecule has 3 heteroatoms. The molecule has 0 aliphatic carbocycles. The molecule has 0 radical (unpaired) electrons. The summed E-state index contributed by atoms with van der Waals surface area (Å²) >= 11 is 0. The minimum atomic E-state index is -0.0147. The van der Waals surface area contributed by atoms with Gasteiger partial charge in [0.1, 0.15) is 11.5 Å². The number of benzene rings is 2. The maximum absolute atomic E-state index is 6.25. The van der Waals surface area contributed by atoms with Gasteiger partial charge in [-0.3, -0.25) is 0 Å². The molecule has 3 nitrogen and oxygen atoms in total. The zero-order chi connectivity index (χ0) is 14.4. The molecule has 2 N–H and O–H groups in total. The minimum absolute atomic E-state index is 0.0147. The summed E-state index contributed by atoms with van der Waals surface area (Å²) in [5.74, 6) is 1.75. The van der Waals surface area contributed by atoms with Gasteiger partial charge in [0.05, 0.1) is 13.7 Å². The predicted octanol–water partition coefficient (Wildman–Crippen LogP) is 3.34. The van der Waals surface area contributed by atoms with Crippen LogP contribution >= 0.6 is 0 Å². The predicted molar refractivity (Wildman–Crippen MR) is 81.2 cm³/mol. The Hall–Kier alpha value is -2.00. The highest BCUT2D eigenvalue weighted by Crippen LogP contribution is 2.21. The molecule has 0 amide bonds. The van der Waals surface area contributed by atoms with E-state index in [1.165, 1.54) is 5.56 Å². The zero-order valence-corrected chi connectivity index (χ0v) is 12.0. The van der Waals surface area contributed by atoms with Crippen LogP contribution in [-0.4, -0.2) is 13.7 Å². The Kier molecular flexibility index (Phi) is 5.02. The first-order valence-corrected chi connectivity index (χ1v) is 6.84. The molecule has 0 bridgehead atoms. The van der Waals surface area contributed by atoms with Gasteiger partial charge in [0, 0.05) is 6.04 Å². The lowest BCUT2D eigenvalue weighted by Gasteiger charge is -2.13. The van der Waals surface area contributed by atoms with Crippen molar-refractivity contribution in [2.45, 2.75) is 19.4 Å². The largest absolute Gasteiger partial charge is 0.497 e. The molecule has 2 aromatic rings. The highest BCUT2D eigenvalue weighted by atomic mass is 16.5. The van der Waals surface area contributed by atoms with Crippen molar-refractivity contribution < 1.29 is 9.47 Å². The fourth-order valence-electron chi connectivity index (χ4n) is 2.11. The van der Waals surface area contributed by atoms with Crippen LogP contribution in [0.25, 0.3) is 0 Å². The number of hydrogen-bond donors (Lipinski definition) is 1. The first-order chi connectivity index (χ1) is 9.72. The summed E-state index contributed by atoms with van der Waals surface area (Å²) in [7, 11) is 1.67. The average Bonchev–Trinajstić information content (AvgIpc) is 2.49. The minimum Gasteiger partial charge on any atom is -0.497 e. The Balaban J connectivity index is 2.01. The molecule has 0 saturated carbocycles. The van der Waals surface area contributed by atoms with Gasteiger partial charge < -0.3 is 15.2 Å². The Bertz CT molecular complexity index is 520. The first kappa shape index (κ1) is 14.4. The second kappa shape index (κ2) is 6.96. The van der Waals surface area contributed by atoms with Gasteiger partial charge in [-0.25, -0.2) is 0 Å². The van der Waals surface area contributed by atoms with Crippen LogP contribution in [0.5, 0.6) is 11.5 Å². The molecular weight excluding hydrogens is 250 g/mol. The summed E-state index contributed by atoms with van der Waals surface area (Å²) in [4.78, 5) is 0. The van der Waals surface area contributed by atoms with E-state index in [0.717, 1.165) is 23.5 Å². The second-order valence-corrected chi connectivity index (χ2v) is 4.66. The van der Waals surface area contributed by atoms with Crippen LogP contribution in [0, 0.1) is 0 Å². The first-order valence-electron chi connectivity index (χ1n) is 6.84. The molecule has 2 aromatic carbocycles. The maximum atomic E-state index is 6.25. The maximum Gasteiger partial charge on any atom is 0.119 e. The topological polar surface area (TPSA) is 44.5 Å². The molecule has 0 aromatic heterocycles. The second-order valence-electron chi connectivity index (χ2n) is 4.66. The number of methoxy groups -OCH3 is 1. The third-order valence-electron chi connectivity index (χ3n) is 3.23. The van der Waals surface area contributed by atoms with Gasteiger partial charge in [-0.15, -0.1) is 0 Å². The summed E-state index contributed by atoms with van der Waals surface area (Å²) in [5.41, 5.74) is 8.57. The van der Waals surface area contributed by atoms with Crippen molar-refractivity contribution in [3.63, 3.8) is 0 Å². The Morgan fingerprint density at radius 2 is 1.55 bits per heavy atom. The van der Waals surface area contributed by atoms with E-state index in [1.54, 1.807) is 7.11 Å². The van der Waals surface area contributed by atoms with E-state index < -0.39 is 0 Å². The molecule has 2 rings (SSSR count). The lowest BCUT2D eigenvalue weighted by atomic mass is 9.99. The normalized spacial score (nSPS) is 11.9. The van der Waals surface area contributed by atoms with Gasteiger partial charge >= 0.3 is 0 Å². The molecule has 0 saturated heterocycles. The number of ether oxygens (including phenoxy) is 2. The van der Waals surface area contributed by atoms with Crippen LogP contribution in [0.15, 0.2) is 48.5 Å². The van der Waals surface area contributed by atoms with E-state index in [0.29, 0.717) is 6.61 Å². The van der Waals surface area contributed by atoms with Crippen LogP contribution in [0.3, 0.4) is 0 Å². The van der Waals surface area contributed by atoms with E-state index >= 15 is 0 Å². The Morgan fingerprint density at radius 3 is 2.10 bits per heavy atom. The number of nitrogens with two attached hydrogens (primary N) is 1. The van der Waals surface area contributed by atoms with E-state index in [1.807, 2.05) is 55.5 Å². The van der Waals surface area contributed by atoms with Crippen molar-refractivity contribution >= 4 is 0 Å². The molecule has 0 aliphatic heterocycles. The van der Waals surface area contributed by atoms with Crippen molar-refractivity contribution in [1.29, 1.82) is 0 Å². The highest BCUT2D eigenvalue weighted by molar-refractivity contribution is 5.32. The Labute approximate surface area is 120 Å². The summed E-state index contributed by atoms with van der Waals surface area (Å²) in [6.45, 7) is 2.65. The van der Waals surface area contributed by atoms with Gasteiger partial charge in [-0.05, 0) is 48.7 Å². The monoisotopic (exact) mass is 271 g/mol. The fraction of sp³-hybridized carbons (Fsp3) is 0.294. The number of rotatable bonds is 6. The number of hydrogen-bond acceptors (Lipinski definition) is 3. The summed E-state index contributed by atoms with van der Waals surface area (Å²) in [6.07, 6.45) is 0.804. The zero-order valence-electron chi connectivity index (χ0n) is 12.0. The van der Waals surface area contributed by atoms with Crippen molar-refractivity contribution in [3.8, 4) is 11.5 Å². The third-order valence-corrected chi connectivity index (χ3v) is 3.23. The molecule has 0 heterocycles. The van der Waals surface area contributed by atoms with Gasteiger partial charge in [0.25, 0.3) is 0 Å². The van der Waals surface area contributed by atoms with E-state index in [-0.39, 0.29) is 6.04 Å². The summed E-state index contributed by atoms with van der Waals surface area (Å²) < 4.78 is 10.6. The highest BCUT2D eigenvalue weighted by Gasteiger charge is 2.07. The molecule has 106 valence electrons. The van der Waals surface area contributed by atoms with Crippen LogP contribution in [0.1, 0.15) is 24.1 Å². The summed E-state index contributed by atoms with van der Waals surface area (Å²) in [6, 6.07) is 16.0. The van der Waals surface area contributed by atoms with Crippen LogP contribution < -0.4 is 15.2 Å². The molecule has 0 fully saturated rings. The lowest BCUT2D eigenvalue weighted by molar-refractivity contribution is 0.340. The van der Waals surface area contributed by atoms with Crippen molar-refractivity contribution in [2.24, 2.45) is 5.73 Å². The van der Waals surface area contributed by atoms with E-state index in [9.17, 15) is 0 Å². The van der Waals surface area contributed by atoms with E-state index in [4.69, 9.17) is 15.2 Å². The van der Waals surface area contributed by atoms with Crippen LogP contribution in [0.2, 0.25) is 0 Å². The molecule has 1 unspecified atom stereocenters. The van der Waals surface area contributed by atoms with Gasteiger partial charge in [-0.1, -0.05) is 24.3 Å². The third kappa shape index (κ3) is 3.75. The molecule has 20 heavy (non-hydrogen) atoms. The lowest BCUT2D eigenvalue weighted by Crippen LogP contribution is -2.13. The molecule has 0 aliphatic rings.